The molecule has 2 aromatic heterocycles. The predicted molar refractivity (Wildman–Crippen MR) is 107 cm³/mol. The van der Waals surface area contributed by atoms with E-state index in [1.165, 1.54) is 31.5 Å². The van der Waals surface area contributed by atoms with Crippen molar-refractivity contribution in [1.29, 1.82) is 0 Å². The normalized spacial score (nSPS) is 15.5. The summed E-state index contributed by atoms with van der Waals surface area (Å²) in [6.07, 6.45) is 2.55. The first-order chi connectivity index (χ1) is 14.5. The highest BCUT2D eigenvalue weighted by Gasteiger charge is 2.33. The molecule has 0 aliphatic carbocycles. The van der Waals surface area contributed by atoms with Crippen molar-refractivity contribution >= 4 is 17.3 Å². The van der Waals surface area contributed by atoms with Gasteiger partial charge in [0.15, 0.2) is 17.4 Å². The first-order valence-electron chi connectivity index (χ1n) is 9.27. The van der Waals surface area contributed by atoms with E-state index < -0.39 is 11.6 Å². The van der Waals surface area contributed by atoms with Crippen molar-refractivity contribution in [3.63, 3.8) is 0 Å². The summed E-state index contributed by atoms with van der Waals surface area (Å²) in [5, 5.41) is 5.90. The van der Waals surface area contributed by atoms with Gasteiger partial charge >= 0.3 is 0 Å². The van der Waals surface area contributed by atoms with Gasteiger partial charge in [0.05, 0.1) is 42.5 Å². The van der Waals surface area contributed by atoms with Crippen LogP contribution < -0.4 is 15.4 Å². The molecule has 3 N–H and O–H groups in total. The largest absolute Gasteiger partial charge is 0.492 e. The second kappa shape index (κ2) is 8.11. The molecule has 0 bridgehead atoms. The molecule has 0 saturated heterocycles. The lowest BCUT2D eigenvalue weighted by Crippen LogP contribution is -2.36. The van der Waals surface area contributed by atoms with Gasteiger partial charge in [-0.2, -0.15) is 0 Å². The monoisotopic (exact) mass is 414 g/mol. The molecule has 1 atom stereocenters. The summed E-state index contributed by atoms with van der Waals surface area (Å²) in [6.45, 7) is 0.732. The van der Waals surface area contributed by atoms with Crippen LogP contribution in [0, 0.1) is 11.6 Å². The summed E-state index contributed by atoms with van der Waals surface area (Å²) in [5.41, 5.74) is 2.13. The molecule has 156 valence electrons. The maximum absolute atomic E-state index is 14.6. The van der Waals surface area contributed by atoms with Gasteiger partial charge in [-0.3, -0.25) is 9.78 Å². The van der Waals surface area contributed by atoms with Crippen LogP contribution in [0.5, 0.6) is 5.75 Å². The van der Waals surface area contributed by atoms with Crippen LogP contribution >= 0.6 is 0 Å². The molecule has 1 aliphatic rings. The van der Waals surface area contributed by atoms with E-state index in [-0.39, 0.29) is 23.1 Å². The smallest absolute Gasteiger partial charge is 0.255 e. The van der Waals surface area contributed by atoms with E-state index in [0.717, 1.165) is 6.20 Å². The maximum Gasteiger partial charge on any atom is 0.255 e. The minimum Gasteiger partial charge on any atom is -0.492 e. The number of hydrogen-bond donors (Lipinski definition) is 3. The van der Waals surface area contributed by atoms with Crippen LogP contribution in [0.2, 0.25) is 0 Å². The van der Waals surface area contributed by atoms with Crippen LogP contribution in [0.4, 0.5) is 20.2 Å². The Morgan fingerprint density at radius 3 is 2.80 bits per heavy atom. The number of nitrogens with zero attached hydrogens (tertiary/aromatic N) is 1. The first kappa shape index (κ1) is 19.8. The third-order valence-corrected chi connectivity index (χ3v) is 5.01. The zero-order valence-corrected chi connectivity index (χ0v) is 16.4. The van der Waals surface area contributed by atoms with Crippen LogP contribution in [-0.2, 0) is 4.74 Å². The van der Waals surface area contributed by atoms with Crippen molar-refractivity contribution in [3.05, 3.63) is 59.6 Å². The van der Waals surface area contributed by atoms with Crippen molar-refractivity contribution in [3.8, 4) is 17.0 Å². The molecular formula is C21H20F2N4O3. The van der Waals surface area contributed by atoms with Crippen molar-refractivity contribution in [2.24, 2.45) is 0 Å². The lowest BCUT2D eigenvalue weighted by atomic mass is 9.97. The average Bonchev–Trinajstić information content (AvgIpc) is 3.11. The molecule has 0 radical (unpaired) electrons. The highest BCUT2D eigenvalue weighted by molar-refractivity contribution is 6.06. The molecule has 1 amide bonds. The number of ether oxygens (including phenoxy) is 2. The number of hydrogen-bond acceptors (Lipinski definition) is 5. The van der Waals surface area contributed by atoms with Crippen molar-refractivity contribution in [2.45, 2.75) is 5.92 Å². The molecule has 0 spiro atoms. The topological polar surface area (TPSA) is 88.3 Å². The Kier molecular flexibility index (Phi) is 5.37. The Morgan fingerprint density at radius 1 is 1.23 bits per heavy atom. The number of amides is 1. The number of para-hydroxylation sites is 1. The molecule has 30 heavy (non-hydrogen) atoms. The fourth-order valence-electron chi connectivity index (χ4n) is 3.67. The molecular weight excluding hydrogens is 394 g/mol. The molecule has 3 aromatic rings. The number of pyridine rings is 1. The molecule has 0 fully saturated rings. The van der Waals surface area contributed by atoms with Gasteiger partial charge in [-0.15, -0.1) is 0 Å². The van der Waals surface area contributed by atoms with Gasteiger partial charge in [0.1, 0.15) is 0 Å². The number of aromatic nitrogens is 2. The number of fused-ring (bicyclic) bond motifs is 1. The van der Waals surface area contributed by atoms with Gasteiger partial charge in [0.2, 0.25) is 0 Å². The van der Waals surface area contributed by atoms with Crippen molar-refractivity contribution in [1.82, 2.24) is 15.3 Å². The van der Waals surface area contributed by atoms with E-state index in [1.807, 2.05) is 0 Å². The van der Waals surface area contributed by atoms with Crippen LogP contribution in [0.15, 0.2) is 36.7 Å². The third-order valence-electron chi connectivity index (χ3n) is 5.01. The number of aromatic amines is 1. The highest BCUT2D eigenvalue weighted by atomic mass is 19.1. The second-order valence-electron chi connectivity index (χ2n) is 6.83. The number of rotatable bonds is 6. The molecule has 4 rings (SSSR count). The lowest BCUT2D eigenvalue weighted by molar-refractivity contribution is 0.0925. The summed E-state index contributed by atoms with van der Waals surface area (Å²) in [6, 6.07) is 5.90. The van der Waals surface area contributed by atoms with Crippen molar-refractivity contribution in [2.75, 3.05) is 32.7 Å². The molecule has 7 nitrogen and oxygen atoms in total. The van der Waals surface area contributed by atoms with E-state index in [1.54, 1.807) is 13.2 Å². The number of carbonyl (C=O) groups is 1. The zero-order valence-electron chi connectivity index (χ0n) is 16.4. The summed E-state index contributed by atoms with van der Waals surface area (Å²) in [4.78, 5) is 19.8. The quantitative estimate of drug-likeness (QED) is 0.574. The van der Waals surface area contributed by atoms with E-state index in [9.17, 15) is 13.6 Å². The van der Waals surface area contributed by atoms with Gasteiger partial charge in [0.25, 0.3) is 5.91 Å². The summed E-state index contributed by atoms with van der Waals surface area (Å²) < 4.78 is 39.2. The average molecular weight is 414 g/mol. The zero-order chi connectivity index (χ0) is 21.3. The number of anilines is 2. The number of methoxy groups -OCH3 is 2. The molecule has 1 aliphatic heterocycles. The minimum absolute atomic E-state index is 0.0155. The summed E-state index contributed by atoms with van der Waals surface area (Å²) >= 11 is 0. The molecule has 1 aromatic carbocycles. The van der Waals surface area contributed by atoms with E-state index in [2.05, 4.69) is 20.6 Å². The van der Waals surface area contributed by atoms with Gasteiger partial charge in [-0.25, -0.2) is 8.78 Å². The number of nitrogens with one attached hydrogen (secondary N) is 3. The fourth-order valence-corrected chi connectivity index (χ4v) is 3.67. The van der Waals surface area contributed by atoms with Crippen LogP contribution in [0.25, 0.3) is 11.3 Å². The molecule has 9 heteroatoms. The van der Waals surface area contributed by atoms with Crippen LogP contribution in [0.1, 0.15) is 22.0 Å². The van der Waals surface area contributed by atoms with Gasteiger partial charge in [0, 0.05) is 37.0 Å². The highest BCUT2D eigenvalue weighted by Crippen LogP contribution is 2.42. The molecule has 0 unspecified atom stereocenters. The standard InChI is InChI=1S/C21H20F2N4O3/c1-29-10-11-8-25-21(28)16-17(11)27-18(12-6-7-24-9-14(12)23)19(16)26-15-5-3-4-13(22)20(15)30-2/h3-7,9,11,26-27H,8,10H2,1-2H3,(H,25,28)/t11-/m1/s1. The number of benzene rings is 1. The Bertz CT molecular complexity index is 1100. The van der Waals surface area contributed by atoms with E-state index >= 15 is 0 Å². The molecule has 3 heterocycles. The van der Waals surface area contributed by atoms with E-state index in [0.29, 0.717) is 41.5 Å². The number of carbonyl (C=O) groups excluding carboxylic acids is 1. The Hall–Kier alpha value is -3.46. The van der Waals surface area contributed by atoms with Gasteiger partial charge in [-0.05, 0) is 18.2 Å². The van der Waals surface area contributed by atoms with Crippen molar-refractivity contribution < 1.29 is 23.0 Å². The Morgan fingerprint density at radius 2 is 2.07 bits per heavy atom. The number of H-pyrrole nitrogens is 1. The Labute approximate surface area is 171 Å². The van der Waals surface area contributed by atoms with Crippen LogP contribution in [0.3, 0.4) is 0 Å². The van der Waals surface area contributed by atoms with Gasteiger partial charge in [-0.1, -0.05) is 6.07 Å². The summed E-state index contributed by atoms with van der Waals surface area (Å²) in [7, 11) is 2.92. The second-order valence-corrected chi connectivity index (χ2v) is 6.83. The van der Waals surface area contributed by atoms with E-state index in [4.69, 9.17) is 9.47 Å². The molecule has 0 saturated carbocycles. The van der Waals surface area contributed by atoms with Crippen LogP contribution in [-0.4, -0.2) is 43.2 Å². The lowest BCUT2D eigenvalue weighted by Gasteiger charge is -2.23. The fraction of sp³-hybridized carbons (Fsp3) is 0.238. The number of halogens is 2. The summed E-state index contributed by atoms with van der Waals surface area (Å²) in [5.74, 6) is -1.62. The third kappa shape index (κ3) is 3.37. The first-order valence-corrected chi connectivity index (χ1v) is 9.27. The van der Waals surface area contributed by atoms with Gasteiger partial charge < -0.3 is 25.1 Å². The minimum atomic E-state index is -0.565. The SMILES string of the molecule is COC[C@H]1CNC(=O)c2c1[nH]c(-c1ccncc1F)c2Nc1cccc(F)c1OC. The Balaban J connectivity index is 1.93. The maximum atomic E-state index is 14.6. The predicted octanol–water partition coefficient (Wildman–Crippen LogP) is 3.58.